The largest absolute Gasteiger partial charge is 0.497 e. The normalized spacial score (nSPS) is 14.7. The van der Waals surface area contributed by atoms with E-state index in [1.807, 2.05) is 29.6 Å². The maximum absolute atomic E-state index is 12.8. The molecule has 0 radical (unpaired) electrons. The molecule has 4 rings (SSSR count). The van der Waals surface area contributed by atoms with Gasteiger partial charge in [-0.1, -0.05) is 0 Å². The molecule has 0 spiro atoms. The summed E-state index contributed by atoms with van der Waals surface area (Å²) in [4.78, 5) is 14.0. The third-order valence-electron chi connectivity index (χ3n) is 4.56. The van der Waals surface area contributed by atoms with Gasteiger partial charge in [0.25, 0.3) is 0 Å². The number of nitrogens with zero attached hydrogens (tertiary/aromatic N) is 4. The molecular formula is C19H17F3N4OS. The number of rotatable bonds is 4. The molecule has 9 heteroatoms. The van der Waals surface area contributed by atoms with Gasteiger partial charge in [-0.15, -0.1) is 11.3 Å². The first-order valence-electron chi connectivity index (χ1n) is 8.65. The molecule has 0 amide bonds. The number of methoxy groups -OCH3 is 1. The maximum atomic E-state index is 12.8. The number of ether oxygens (including phenoxy) is 1. The standard InChI is InChI=1S/C19H17F3N4OS/c1-27-14-4-2-12(3-5-14)16-11-28-17(24-16)10-26-7-6-15-13(9-26)8-23-18(25-15)19(20,21)22/h2-5,8,11H,6-7,9-10H2,1H3. The Labute approximate surface area is 163 Å². The van der Waals surface area contributed by atoms with Gasteiger partial charge in [0, 0.05) is 42.2 Å². The van der Waals surface area contributed by atoms with Crippen molar-refractivity contribution >= 4 is 11.3 Å². The first-order valence-corrected chi connectivity index (χ1v) is 9.53. The first-order chi connectivity index (χ1) is 13.4. The van der Waals surface area contributed by atoms with E-state index in [0.717, 1.165) is 27.6 Å². The molecule has 5 nitrogen and oxygen atoms in total. The van der Waals surface area contributed by atoms with Gasteiger partial charge in [0.05, 0.1) is 25.0 Å². The van der Waals surface area contributed by atoms with Gasteiger partial charge in [0.1, 0.15) is 10.8 Å². The topological polar surface area (TPSA) is 51.1 Å². The molecule has 0 bridgehead atoms. The minimum atomic E-state index is -4.51. The van der Waals surface area contributed by atoms with Gasteiger partial charge in [-0.2, -0.15) is 13.2 Å². The van der Waals surface area contributed by atoms with Crippen molar-refractivity contribution in [2.75, 3.05) is 13.7 Å². The molecule has 0 unspecified atom stereocenters. The van der Waals surface area contributed by atoms with Crippen molar-refractivity contribution < 1.29 is 17.9 Å². The second-order valence-electron chi connectivity index (χ2n) is 6.48. The van der Waals surface area contributed by atoms with Crippen molar-refractivity contribution in [1.82, 2.24) is 19.9 Å². The summed E-state index contributed by atoms with van der Waals surface area (Å²) in [7, 11) is 1.63. The van der Waals surface area contributed by atoms with Crippen LogP contribution in [-0.2, 0) is 25.7 Å². The molecule has 1 aromatic carbocycles. The SMILES string of the molecule is COc1ccc(-c2csc(CN3CCc4nc(C(F)(F)F)ncc4C3)n2)cc1. The number of hydrogen-bond acceptors (Lipinski definition) is 6. The summed E-state index contributed by atoms with van der Waals surface area (Å²) in [6.07, 6.45) is -2.75. The number of benzene rings is 1. The molecule has 2 aromatic heterocycles. The molecule has 0 saturated heterocycles. The van der Waals surface area contributed by atoms with Crippen molar-refractivity contribution in [1.29, 1.82) is 0 Å². The lowest BCUT2D eigenvalue weighted by molar-refractivity contribution is -0.145. The average Bonchev–Trinajstić information content (AvgIpc) is 3.15. The molecule has 146 valence electrons. The minimum absolute atomic E-state index is 0.470. The number of aromatic nitrogens is 3. The Morgan fingerprint density at radius 1 is 1.18 bits per heavy atom. The van der Waals surface area contributed by atoms with Gasteiger partial charge in [0.2, 0.25) is 5.82 Å². The highest BCUT2D eigenvalue weighted by molar-refractivity contribution is 7.09. The average molecular weight is 406 g/mol. The van der Waals surface area contributed by atoms with Gasteiger partial charge in [-0.05, 0) is 24.3 Å². The monoisotopic (exact) mass is 406 g/mol. The fraction of sp³-hybridized carbons (Fsp3) is 0.316. The van der Waals surface area contributed by atoms with E-state index in [0.29, 0.717) is 31.7 Å². The van der Waals surface area contributed by atoms with Crippen LogP contribution in [0.2, 0.25) is 0 Å². The molecule has 0 atom stereocenters. The summed E-state index contributed by atoms with van der Waals surface area (Å²) >= 11 is 1.57. The summed E-state index contributed by atoms with van der Waals surface area (Å²) in [5.41, 5.74) is 3.14. The molecule has 28 heavy (non-hydrogen) atoms. The zero-order valence-corrected chi connectivity index (χ0v) is 15.8. The predicted molar refractivity (Wildman–Crippen MR) is 99.0 cm³/mol. The molecule has 0 saturated carbocycles. The van der Waals surface area contributed by atoms with Crippen LogP contribution in [0, 0.1) is 0 Å². The van der Waals surface area contributed by atoms with E-state index >= 15 is 0 Å². The van der Waals surface area contributed by atoms with E-state index in [-0.39, 0.29) is 0 Å². The van der Waals surface area contributed by atoms with Crippen LogP contribution in [0.1, 0.15) is 22.1 Å². The highest BCUT2D eigenvalue weighted by Crippen LogP contribution is 2.29. The Morgan fingerprint density at radius 2 is 1.96 bits per heavy atom. The Morgan fingerprint density at radius 3 is 2.68 bits per heavy atom. The fourth-order valence-electron chi connectivity index (χ4n) is 3.12. The van der Waals surface area contributed by atoms with Crippen molar-refractivity contribution in [2.24, 2.45) is 0 Å². The molecule has 1 aliphatic rings. The second kappa shape index (κ2) is 7.48. The first kappa shape index (κ1) is 18.8. The number of alkyl halides is 3. The molecule has 0 N–H and O–H groups in total. The number of hydrogen-bond donors (Lipinski definition) is 0. The van der Waals surface area contributed by atoms with Gasteiger partial charge in [-0.25, -0.2) is 15.0 Å². The van der Waals surface area contributed by atoms with Crippen LogP contribution in [0.3, 0.4) is 0 Å². The second-order valence-corrected chi connectivity index (χ2v) is 7.42. The van der Waals surface area contributed by atoms with Crippen LogP contribution < -0.4 is 4.74 Å². The number of halogens is 3. The lowest BCUT2D eigenvalue weighted by Crippen LogP contribution is -2.31. The van der Waals surface area contributed by atoms with E-state index in [9.17, 15) is 13.2 Å². The van der Waals surface area contributed by atoms with E-state index in [2.05, 4.69) is 19.9 Å². The van der Waals surface area contributed by atoms with Gasteiger partial charge >= 0.3 is 6.18 Å². The zero-order chi connectivity index (χ0) is 19.7. The van der Waals surface area contributed by atoms with Crippen molar-refractivity contribution in [3.63, 3.8) is 0 Å². The van der Waals surface area contributed by atoms with Crippen LogP contribution in [0.15, 0.2) is 35.8 Å². The van der Waals surface area contributed by atoms with Crippen LogP contribution in [0.4, 0.5) is 13.2 Å². The zero-order valence-electron chi connectivity index (χ0n) is 15.0. The smallest absolute Gasteiger partial charge is 0.451 e. The molecular weight excluding hydrogens is 389 g/mol. The fourth-order valence-corrected chi connectivity index (χ4v) is 3.96. The summed E-state index contributed by atoms with van der Waals surface area (Å²) in [6, 6.07) is 7.71. The minimum Gasteiger partial charge on any atom is -0.497 e. The van der Waals surface area contributed by atoms with E-state index in [4.69, 9.17) is 4.74 Å². The maximum Gasteiger partial charge on any atom is 0.451 e. The summed E-state index contributed by atoms with van der Waals surface area (Å²) in [5, 5.41) is 2.97. The van der Waals surface area contributed by atoms with Crippen molar-refractivity contribution in [3.8, 4) is 17.0 Å². The van der Waals surface area contributed by atoms with Crippen molar-refractivity contribution in [3.05, 3.63) is 57.9 Å². The van der Waals surface area contributed by atoms with E-state index in [1.165, 1.54) is 6.20 Å². The van der Waals surface area contributed by atoms with Crippen molar-refractivity contribution in [2.45, 2.75) is 25.7 Å². The highest BCUT2D eigenvalue weighted by Gasteiger charge is 2.35. The molecule has 3 aromatic rings. The molecule has 3 heterocycles. The summed E-state index contributed by atoms with van der Waals surface area (Å²) in [6.45, 7) is 1.80. The Hall–Kier alpha value is -2.52. The lowest BCUT2D eigenvalue weighted by Gasteiger charge is -2.27. The van der Waals surface area contributed by atoms with Crippen LogP contribution in [0.25, 0.3) is 11.3 Å². The number of fused-ring (bicyclic) bond motifs is 1. The lowest BCUT2D eigenvalue weighted by atomic mass is 10.1. The number of thiazole rings is 1. The third kappa shape index (κ3) is 4.00. The van der Waals surface area contributed by atoms with Crippen LogP contribution in [0.5, 0.6) is 5.75 Å². The Kier molecular flexibility index (Phi) is 5.03. The van der Waals surface area contributed by atoms with Crippen LogP contribution >= 0.6 is 11.3 Å². The summed E-state index contributed by atoms with van der Waals surface area (Å²) < 4.78 is 43.4. The molecule has 1 aliphatic heterocycles. The van der Waals surface area contributed by atoms with E-state index < -0.39 is 12.0 Å². The van der Waals surface area contributed by atoms with Gasteiger partial charge in [-0.3, -0.25) is 4.90 Å². The third-order valence-corrected chi connectivity index (χ3v) is 5.40. The summed E-state index contributed by atoms with van der Waals surface area (Å²) in [5.74, 6) is -0.272. The van der Waals surface area contributed by atoms with E-state index in [1.54, 1.807) is 18.4 Å². The predicted octanol–water partition coefficient (Wildman–Crippen LogP) is 4.19. The molecule has 0 fully saturated rings. The van der Waals surface area contributed by atoms with Gasteiger partial charge in [0.15, 0.2) is 0 Å². The quantitative estimate of drug-likeness (QED) is 0.651. The Balaban J connectivity index is 1.44. The highest BCUT2D eigenvalue weighted by atomic mass is 32.1. The van der Waals surface area contributed by atoms with Crippen LogP contribution in [-0.4, -0.2) is 33.5 Å². The molecule has 0 aliphatic carbocycles. The Bertz CT molecular complexity index is 972. The van der Waals surface area contributed by atoms with Gasteiger partial charge < -0.3 is 4.74 Å².